The van der Waals surface area contributed by atoms with E-state index >= 15 is 0 Å². The molecule has 14 heavy (non-hydrogen) atoms. The third kappa shape index (κ3) is 3.67. The van der Waals surface area contributed by atoms with Crippen molar-refractivity contribution in [3.8, 4) is 0 Å². The largest absolute Gasteiger partial charge is 0.338 e. The molecule has 1 heterocycles. The van der Waals surface area contributed by atoms with Crippen LogP contribution in [-0.2, 0) is 5.75 Å². The molecule has 1 aromatic heterocycles. The van der Waals surface area contributed by atoms with Crippen LogP contribution >= 0.6 is 11.8 Å². The maximum absolute atomic E-state index is 5.60. The molecule has 80 valence electrons. The van der Waals surface area contributed by atoms with E-state index in [0.717, 1.165) is 17.3 Å². The van der Waals surface area contributed by atoms with E-state index in [0.29, 0.717) is 11.8 Å². The SMILES string of the molecule is CC(C)CSCc1noc([C@H](C)N)n1. The Labute approximate surface area is 88.6 Å². The van der Waals surface area contributed by atoms with Crippen molar-refractivity contribution < 1.29 is 4.52 Å². The van der Waals surface area contributed by atoms with Crippen LogP contribution in [0.2, 0.25) is 0 Å². The van der Waals surface area contributed by atoms with Crippen LogP contribution in [0.5, 0.6) is 0 Å². The minimum Gasteiger partial charge on any atom is -0.338 e. The van der Waals surface area contributed by atoms with Gasteiger partial charge in [-0.2, -0.15) is 16.7 Å². The molecule has 1 rings (SSSR count). The third-order valence-corrected chi connectivity index (χ3v) is 2.92. The molecule has 0 aliphatic heterocycles. The van der Waals surface area contributed by atoms with E-state index in [1.54, 1.807) is 0 Å². The smallest absolute Gasteiger partial charge is 0.243 e. The van der Waals surface area contributed by atoms with E-state index in [1.165, 1.54) is 0 Å². The van der Waals surface area contributed by atoms with Crippen molar-refractivity contribution in [1.29, 1.82) is 0 Å². The molecule has 0 aliphatic carbocycles. The van der Waals surface area contributed by atoms with Crippen LogP contribution in [0.4, 0.5) is 0 Å². The normalized spacial score (nSPS) is 13.5. The summed E-state index contributed by atoms with van der Waals surface area (Å²) >= 11 is 1.81. The van der Waals surface area contributed by atoms with E-state index in [-0.39, 0.29) is 6.04 Å². The lowest BCUT2D eigenvalue weighted by Crippen LogP contribution is -2.05. The molecule has 0 radical (unpaired) electrons. The minimum atomic E-state index is -0.175. The molecule has 0 bridgehead atoms. The molecule has 0 amide bonds. The van der Waals surface area contributed by atoms with E-state index in [1.807, 2.05) is 18.7 Å². The van der Waals surface area contributed by atoms with E-state index < -0.39 is 0 Å². The molecular formula is C9H17N3OS. The first-order chi connectivity index (χ1) is 6.59. The lowest BCUT2D eigenvalue weighted by atomic mass is 10.3. The van der Waals surface area contributed by atoms with Gasteiger partial charge in [0.25, 0.3) is 0 Å². The van der Waals surface area contributed by atoms with Gasteiger partial charge in [0, 0.05) is 0 Å². The summed E-state index contributed by atoms with van der Waals surface area (Å²) in [5.74, 6) is 3.86. The van der Waals surface area contributed by atoms with Crippen LogP contribution in [0.25, 0.3) is 0 Å². The van der Waals surface area contributed by atoms with Crippen LogP contribution in [0.15, 0.2) is 4.52 Å². The van der Waals surface area contributed by atoms with Crippen molar-refractivity contribution in [3.05, 3.63) is 11.7 Å². The summed E-state index contributed by atoms with van der Waals surface area (Å²) < 4.78 is 4.98. The van der Waals surface area contributed by atoms with Crippen LogP contribution in [0.3, 0.4) is 0 Å². The van der Waals surface area contributed by atoms with Crippen molar-refractivity contribution in [1.82, 2.24) is 10.1 Å². The van der Waals surface area contributed by atoms with Gasteiger partial charge < -0.3 is 10.3 Å². The molecule has 1 aromatic rings. The van der Waals surface area contributed by atoms with Gasteiger partial charge in [-0.05, 0) is 18.6 Å². The van der Waals surface area contributed by atoms with Gasteiger partial charge in [-0.1, -0.05) is 19.0 Å². The molecule has 1 atom stereocenters. The van der Waals surface area contributed by atoms with Gasteiger partial charge in [0.15, 0.2) is 5.82 Å². The Bertz CT molecular complexity index is 273. The number of thioether (sulfide) groups is 1. The summed E-state index contributed by atoms with van der Waals surface area (Å²) in [7, 11) is 0. The summed E-state index contributed by atoms with van der Waals surface area (Å²) in [6.07, 6.45) is 0. The van der Waals surface area contributed by atoms with Crippen molar-refractivity contribution in [3.63, 3.8) is 0 Å². The summed E-state index contributed by atoms with van der Waals surface area (Å²) in [6.45, 7) is 6.21. The predicted molar refractivity (Wildman–Crippen MR) is 57.9 cm³/mol. The second-order valence-electron chi connectivity index (χ2n) is 3.75. The maximum atomic E-state index is 5.60. The van der Waals surface area contributed by atoms with Gasteiger partial charge >= 0.3 is 0 Å². The van der Waals surface area contributed by atoms with Crippen molar-refractivity contribution in [2.24, 2.45) is 11.7 Å². The summed E-state index contributed by atoms with van der Waals surface area (Å²) in [6, 6.07) is -0.175. The van der Waals surface area contributed by atoms with Crippen molar-refractivity contribution in [2.45, 2.75) is 32.6 Å². The van der Waals surface area contributed by atoms with Crippen molar-refractivity contribution >= 4 is 11.8 Å². The summed E-state index contributed by atoms with van der Waals surface area (Å²) in [5, 5.41) is 3.85. The Morgan fingerprint density at radius 2 is 2.14 bits per heavy atom. The molecular weight excluding hydrogens is 198 g/mol. The van der Waals surface area contributed by atoms with E-state index in [2.05, 4.69) is 24.0 Å². The highest BCUT2D eigenvalue weighted by atomic mass is 32.2. The molecule has 0 saturated carbocycles. The number of hydrogen-bond acceptors (Lipinski definition) is 5. The monoisotopic (exact) mass is 215 g/mol. The highest BCUT2D eigenvalue weighted by Crippen LogP contribution is 2.14. The molecule has 4 nitrogen and oxygen atoms in total. The number of aromatic nitrogens is 2. The molecule has 0 aromatic carbocycles. The van der Waals surface area contributed by atoms with Gasteiger partial charge in [0.1, 0.15) is 0 Å². The molecule has 0 spiro atoms. The fourth-order valence-corrected chi connectivity index (χ4v) is 1.79. The van der Waals surface area contributed by atoms with Crippen LogP contribution < -0.4 is 5.73 Å². The maximum Gasteiger partial charge on any atom is 0.243 e. The molecule has 0 unspecified atom stereocenters. The van der Waals surface area contributed by atoms with Gasteiger partial charge in [-0.15, -0.1) is 0 Å². The Kier molecular flexibility index (Phi) is 4.41. The molecule has 0 saturated heterocycles. The Morgan fingerprint density at radius 3 is 2.64 bits per heavy atom. The van der Waals surface area contributed by atoms with Gasteiger partial charge in [-0.25, -0.2) is 0 Å². The Balaban J connectivity index is 2.36. The second kappa shape index (κ2) is 5.36. The van der Waals surface area contributed by atoms with Crippen LogP contribution in [0, 0.1) is 5.92 Å². The Hall–Kier alpha value is -0.550. The number of nitrogens with two attached hydrogens (primary N) is 1. The Morgan fingerprint density at radius 1 is 1.43 bits per heavy atom. The highest BCUT2D eigenvalue weighted by Gasteiger charge is 2.09. The highest BCUT2D eigenvalue weighted by molar-refractivity contribution is 7.98. The molecule has 5 heteroatoms. The van der Waals surface area contributed by atoms with Gasteiger partial charge in [-0.3, -0.25) is 0 Å². The zero-order valence-electron chi connectivity index (χ0n) is 8.86. The summed E-state index contributed by atoms with van der Waals surface area (Å²) in [4.78, 5) is 4.18. The quantitative estimate of drug-likeness (QED) is 0.813. The van der Waals surface area contributed by atoms with Crippen molar-refractivity contribution in [2.75, 3.05) is 5.75 Å². The average Bonchev–Trinajstić information content (AvgIpc) is 2.52. The van der Waals surface area contributed by atoms with Gasteiger partial charge in [0.2, 0.25) is 5.89 Å². The first-order valence-electron chi connectivity index (χ1n) is 4.75. The number of rotatable bonds is 5. The molecule has 2 N–H and O–H groups in total. The lowest BCUT2D eigenvalue weighted by Gasteiger charge is -2.00. The topological polar surface area (TPSA) is 64.9 Å². The molecule has 0 fully saturated rings. The lowest BCUT2D eigenvalue weighted by molar-refractivity contribution is 0.358. The molecule has 0 aliphatic rings. The first-order valence-corrected chi connectivity index (χ1v) is 5.91. The van der Waals surface area contributed by atoms with Gasteiger partial charge in [0.05, 0.1) is 11.8 Å². The number of hydrogen-bond donors (Lipinski definition) is 1. The third-order valence-electron chi connectivity index (χ3n) is 1.56. The van der Waals surface area contributed by atoms with E-state index in [9.17, 15) is 0 Å². The zero-order valence-corrected chi connectivity index (χ0v) is 9.67. The first kappa shape index (κ1) is 11.5. The standard InChI is InChI=1S/C9H17N3OS/c1-6(2)4-14-5-8-11-9(7(3)10)13-12-8/h6-7H,4-5,10H2,1-3H3/t7-/m0/s1. The fraction of sp³-hybridized carbons (Fsp3) is 0.778. The minimum absolute atomic E-state index is 0.175. The second-order valence-corrected chi connectivity index (χ2v) is 4.78. The fourth-order valence-electron chi connectivity index (χ4n) is 0.897. The van der Waals surface area contributed by atoms with Crippen LogP contribution in [-0.4, -0.2) is 15.9 Å². The van der Waals surface area contributed by atoms with Crippen LogP contribution in [0.1, 0.15) is 38.5 Å². The predicted octanol–water partition coefficient (Wildman–Crippen LogP) is 1.98. The average molecular weight is 215 g/mol. The van der Waals surface area contributed by atoms with E-state index in [4.69, 9.17) is 10.3 Å². The number of nitrogens with zero attached hydrogens (tertiary/aromatic N) is 2. The summed E-state index contributed by atoms with van der Waals surface area (Å²) in [5.41, 5.74) is 5.60. The zero-order chi connectivity index (χ0) is 10.6.